The average Bonchev–Trinajstić information content (AvgIpc) is 3.06. The molecule has 3 aromatic rings. The quantitative estimate of drug-likeness (QED) is 0.426. The van der Waals surface area contributed by atoms with Crippen LogP contribution < -0.4 is 5.32 Å². The molecule has 0 radical (unpaired) electrons. The van der Waals surface area contributed by atoms with E-state index in [0.29, 0.717) is 28.1 Å². The van der Waals surface area contributed by atoms with Crippen LogP contribution in [0.4, 0.5) is 5.69 Å². The zero-order chi connectivity index (χ0) is 20.3. The number of anilines is 1. The Morgan fingerprint density at radius 2 is 1.93 bits per heavy atom. The van der Waals surface area contributed by atoms with E-state index < -0.39 is 4.75 Å². The normalized spacial score (nSPS) is 11.5. The van der Waals surface area contributed by atoms with E-state index in [1.807, 2.05) is 55.7 Å². The number of hydrogen-bond donors (Lipinski definition) is 1. The maximum Gasteiger partial charge on any atom is 0.240 e. The zero-order valence-electron chi connectivity index (χ0n) is 15.6. The van der Waals surface area contributed by atoms with Gasteiger partial charge >= 0.3 is 0 Å². The number of thioether (sulfide) groups is 1. The van der Waals surface area contributed by atoms with Crippen LogP contribution >= 0.6 is 35.0 Å². The third-order valence-electron chi connectivity index (χ3n) is 4.01. The lowest BCUT2D eigenvalue weighted by Gasteiger charge is -2.22. The molecule has 0 aliphatic carbocycles. The molecular formula is C19H19Cl2N5OS. The van der Waals surface area contributed by atoms with E-state index in [9.17, 15) is 4.79 Å². The Labute approximate surface area is 177 Å². The molecule has 0 aliphatic heterocycles. The van der Waals surface area contributed by atoms with E-state index in [4.69, 9.17) is 23.2 Å². The van der Waals surface area contributed by atoms with Crippen molar-refractivity contribution in [1.29, 1.82) is 0 Å². The number of pyridine rings is 1. The van der Waals surface area contributed by atoms with Gasteiger partial charge in [-0.05, 0) is 39.0 Å². The van der Waals surface area contributed by atoms with Gasteiger partial charge < -0.3 is 9.88 Å². The van der Waals surface area contributed by atoms with E-state index in [0.717, 1.165) is 5.69 Å². The lowest BCUT2D eigenvalue weighted by atomic mass is 10.2. The van der Waals surface area contributed by atoms with Gasteiger partial charge in [0.2, 0.25) is 5.91 Å². The van der Waals surface area contributed by atoms with Crippen molar-refractivity contribution in [3.05, 3.63) is 52.8 Å². The highest BCUT2D eigenvalue weighted by Crippen LogP contribution is 2.35. The van der Waals surface area contributed by atoms with Crippen molar-refractivity contribution in [1.82, 2.24) is 19.7 Å². The minimum absolute atomic E-state index is 0.118. The van der Waals surface area contributed by atoms with Crippen LogP contribution in [0.2, 0.25) is 10.2 Å². The molecule has 0 atom stereocenters. The number of para-hydroxylation sites is 1. The second-order valence-corrected chi connectivity index (χ2v) is 8.83. The first-order valence-electron chi connectivity index (χ1n) is 8.62. The predicted molar refractivity (Wildman–Crippen MR) is 114 cm³/mol. The van der Waals surface area contributed by atoms with Crippen LogP contribution in [-0.4, -0.2) is 30.4 Å². The van der Waals surface area contributed by atoms with Crippen molar-refractivity contribution in [2.75, 3.05) is 5.32 Å². The largest absolute Gasteiger partial charge is 0.325 e. The Morgan fingerprint density at radius 1 is 1.21 bits per heavy atom. The highest BCUT2D eigenvalue weighted by molar-refractivity contribution is 8.01. The van der Waals surface area contributed by atoms with Gasteiger partial charge in [-0.15, -0.1) is 10.2 Å². The lowest BCUT2D eigenvalue weighted by molar-refractivity contribution is -0.117. The van der Waals surface area contributed by atoms with Gasteiger partial charge in [-0.1, -0.05) is 53.2 Å². The lowest BCUT2D eigenvalue weighted by Crippen LogP contribution is -2.34. The molecule has 3 rings (SSSR count). The standard InChI is InChI=1S/C19H19Cl2N5OS/c1-4-26-16(12-10-14(20)15(21)22-11-12)24-25-18(26)28-19(2,3)17(27)23-13-8-6-5-7-9-13/h5-11H,4H2,1-3H3,(H,23,27). The Bertz CT molecular complexity index is 991. The number of benzene rings is 1. The van der Waals surface area contributed by atoms with Crippen LogP contribution in [0.1, 0.15) is 20.8 Å². The Morgan fingerprint density at radius 3 is 2.57 bits per heavy atom. The van der Waals surface area contributed by atoms with Crippen molar-refractivity contribution in [2.45, 2.75) is 37.2 Å². The van der Waals surface area contributed by atoms with E-state index in [1.54, 1.807) is 12.3 Å². The molecule has 146 valence electrons. The van der Waals surface area contributed by atoms with Crippen molar-refractivity contribution < 1.29 is 4.79 Å². The molecule has 0 fully saturated rings. The number of carbonyl (C=O) groups excluding carboxylic acids is 1. The second kappa shape index (κ2) is 8.51. The van der Waals surface area contributed by atoms with Gasteiger partial charge in [0.25, 0.3) is 0 Å². The SMILES string of the molecule is CCn1c(SC(C)(C)C(=O)Nc2ccccc2)nnc1-c1cnc(Cl)c(Cl)c1. The predicted octanol–water partition coefficient (Wildman–Crippen LogP) is 5.18. The summed E-state index contributed by atoms with van der Waals surface area (Å²) in [4.78, 5) is 16.8. The molecule has 0 spiro atoms. The molecule has 0 saturated carbocycles. The molecule has 1 aromatic carbocycles. The topological polar surface area (TPSA) is 72.7 Å². The van der Waals surface area contributed by atoms with Gasteiger partial charge in [-0.3, -0.25) is 4.79 Å². The summed E-state index contributed by atoms with van der Waals surface area (Å²) >= 11 is 13.3. The molecule has 0 bridgehead atoms. The molecule has 0 saturated heterocycles. The van der Waals surface area contributed by atoms with Gasteiger partial charge in [0.1, 0.15) is 5.15 Å². The first-order valence-corrected chi connectivity index (χ1v) is 10.2. The van der Waals surface area contributed by atoms with Crippen LogP contribution in [-0.2, 0) is 11.3 Å². The van der Waals surface area contributed by atoms with Crippen LogP contribution in [0.15, 0.2) is 47.8 Å². The minimum Gasteiger partial charge on any atom is -0.325 e. The van der Waals surface area contributed by atoms with Crippen LogP contribution in [0.5, 0.6) is 0 Å². The number of aromatic nitrogens is 4. The molecule has 1 N–H and O–H groups in total. The number of nitrogens with one attached hydrogen (secondary N) is 1. The Kier molecular flexibility index (Phi) is 6.27. The number of hydrogen-bond acceptors (Lipinski definition) is 5. The van der Waals surface area contributed by atoms with Crippen molar-refractivity contribution >= 4 is 46.6 Å². The summed E-state index contributed by atoms with van der Waals surface area (Å²) < 4.78 is 1.16. The van der Waals surface area contributed by atoms with E-state index in [2.05, 4.69) is 20.5 Å². The minimum atomic E-state index is -0.761. The first kappa shape index (κ1) is 20.6. The average molecular weight is 436 g/mol. The van der Waals surface area contributed by atoms with Gasteiger partial charge in [0.05, 0.1) is 9.77 Å². The van der Waals surface area contributed by atoms with Gasteiger partial charge in [0, 0.05) is 24.0 Å². The van der Waals surface area contributed by atoms with E-state index >= 15 is 0 Å². The third kappa shape index (κ3) is 4.48. The van der Waals surface area contributed by atoms with Crippen LogP contribution in [0.3, 0.4) is 0 Å². The summed E-state index contributed by atoms with van der Waals surface area (Å²) in [5.74, 6) is 0.502. The fraction of sp³-hybridized carbons (Fsp3) is 0.263. The summed E-state index contributed by atoms with van der Waals surface area (Å²) in [5.41, 5.74) is 1.46. The van der Waals surface area contributed by atoms with Gasteiger partial charge in [-0.25, -0.2) is 4.98 Å². The van der Waals surface area contributed by atoms with Crippen LogP contribution in [0.25, 0.3) is 11.4 Å². The molecular weight excluding hydrogens is 417 g/mol. The summed E-state index contributed by atoms with van der Waals surface area (Å²) in [5, 5.41) is 12.7. The third-order valence-corrected chi connectivity index (χ3v) is 5.88. The second-order valence-electron chi connectivity index (χ2n) is 6.48. The number of rotatable bonds is 6. The summed E-state index contributed by atoms with van der Waals surface area (Å²) in [6.45, 7) is 6.32. The smallest absolute Gasteiger partial charge is 0.240 e. The van der Waals surface area contributed by atoms with E-state index in [-0.39, 0.29) is 11.1 Å². The maximum absolute atomic E-state index is 12.8. The number of carbonyl (C=O) groups is 1. The Hall–Kier alpha value is -2.09. The van der Waals surface area contributed by atoms with Crippen molar-refractivity contribution in [3.63, 3.8) is 0 Å². The Balaban J connectivity index is 1.84. The molecule has 1 amide bonds. The monoisotopic (exact) mass is 435 g/mol. The van der Waals surface area contributed by atoms with Gasteiger partial charge in [0.15, 0.2) is 11.0 Å². The fourth-order valence-electron chi connectivity index (χ4n) is 2.48. The molecule has 0 aliphatic rings. The number of amides is 1. The molecule has 9 heteroatoms. The van der Waals surface area contributed by atoms with Crippen molar-refractivity contribution in [2.24, 2.45) is 0 Å². The highest BCUT2D eigenvalue weighted by atomic mass is 35.5. The zero-order valence-corrected chi connectivity index (χ0v) is 17.9. The maximum atomic E-state index is 12.8. The molecule has 0 unspecified atom stereocenters. The number of nitrogens with zero attached hydrogens (tertiary/aromatic N) is 4. The van der Waals surface area contributed by atoms with Crippen LogP contribution in [0, 0.1) is 0 Å². The molecule has 6 nitrogen and oxygen atoms in total. The van der Waals surface area contributed by atoms with Gasteiger partial charge in [-0.2, -0.15) is 0 Å². The molecule has 2 aromatic heterocycles. The summed E-state index contributed by atoms with van der Waals surface area (Å²) in [6.07, 6.45) is 1.60. The highest BCUT2D eigenvalue weighted by Gasteiger charge is 2.32. The summed E-state index contributed by atoms with van der Waals surface area (Å²) in [6, 6.07) is 11.1. The van der Waals surface area contributed by atoms with Crippen molar-refractivity contribution in [3.8, 4) is 11.4 Å². The fourth-order valence-corrected chi connectivity index (χ4v) is 3.76. The van der Waals surface area contributed by atoms with E-state index in [1.165, 1.54) is 11.8 Å². The first-order chi connectivity index (χ1) is 13.3. The molecule has 2 heterocycles. The number of halogens is 2. The molecule has 28 heavy (non-hydrogen) atoms. The summed E-state index contributed by atoms with van der Waals surface area (Å²) in [7, 11) is 0.